The van der Waals surface area contributed by atoms with Crippen LogP contribution in [0.3, 0.4) is 0 Å². The summed E-state index contributed by atoms with van der Waals surface area (Å²) in [6.07, 6.45) is 1.79. The van der Waals surface area contributed by atoms with Gasteiger partial charge in [-0.1, -0.05) is 24.3 Å². The third-order valence-corrected chi connectivity index (χ3v) is 6.22. The normalized spacial score (nSPS) is 13.1. The van der Waals surface area contributed by atoms with Crippen LogP contribution in [-0.2, 0) is 24.3 Å². The third-order valence-electron chi connectivity index (χ3n) is 5.90. The van der Waals surface area contributed by atoms with E-state index in [0.717, 1.165) is 13.0 Å². The van der Waals surface area contributed by atoms with Gasteiger partial charge in [0.1, 0.15) is 0 Å². The van der Waals surface area contributed by atoms with Crippen LogP contribution < -0.4 is 15.0 Å². The summed E-state index contributed by atoms with van der Waals surface area (Å²) < 4.78 is 13.2. The highest BCUT2D eigenvalue weighted by Crippen LogP contribution is 2.31. The minimum absolute atomic E-state index is 0.105. The molecule has 0 spiro atoms. The summed E-state index contributed by atoms with van der Waals surface area (Å²) >= 11 is 5.45. The number of nitrogens with one attached hydrogen (secondary N) is 1. The minimum Gasteiger partial charge on any atom is -0.490 e. The van der Waals surface area contributed by atoms with E-state index in [1.165, 1.54) is 15.7 Å². The average molecular weight is 468 g/mol. The van der Waals surface area contributed by atoms with Crippen LogP contribution in [0.1, 0.15) is 37.8 Å². The lowest BCUT2D eigenvalue weighted by Crippen LogP contribution is -2.36. The second kappa shape index (κ2) is 10.2. The molecule has 3 aromatic rings. The molecule has 2 heterocycles. The maximum absolute atomic E-state index is 13.2. The van der Waals surface area contributed by atoms with E-state index in [-0.39, 0.29) is 11.5 Å². The second-order valence-corrected chi connectivity index (χ2v) is 8.42. The number of rotatable bonds is 8. The predicted molar refractivity (Wildman–Crippen MR) is 131 cm³/mol. The second-order valence-electron chi connectivity index (χ2n) is 8.04. The molecule has 7 nitrogen and oxygen atoms in total. The summed E-state index contributed by atoms with van der Waals surface area (Å²) in [6, 6.07) is 11.7. The molecular formula is C25H29N3O4S. The van der Waals surface area contributed by atoms with Gasteiger partial charge in [0.15, 0.2) is 16.3 Å². The molecule has 1 aliphatic heterocycles. The van der Waals surface area contributed by atoms with E-state index >= 15 is 0 Å². The number of carbonyl (C=O) groups excluding carboxylic acids is 1. The van der Waals surface area contributed by atoms with Crippen molar-refractivity contribution in [2.45, 2.75) is 46.2 Å². The molecule has 0 atom stereocenters. The fourth-order valence-corrected chi connectivity index (χ4v) is 4.54. The van der Waals surface area contributed by atoms with Crippen LogP contribution in [0.4, 0.5) is 0 Å². The highest BCUT2D eigenvalue weighted by molar-refractivity contribution is 7.71. The predicted octanol–water partition coefficient (Wildman–Crippen LogP) is 4.22. The highest BCUT2D eigenvalue weighted by Gasteiger charge is 2.20. The first-order valence-corrected chi connectivity index (χ1v) is 11.8. The number of aromatic amines is 1. The fraction of sp³-hybridized carbons (Fsp3) is 0.400. The van der Waals surface area contributed by atoms with Crippen molar-refractivity contribution in [2.75, 3.05) is 19.8 Å². The molecule has 1 N–H and O–H groups in total. The largest absolute Gasteiger partial charge is 0.490 e. The Balaban J connectivity index is 1.48. The molecule has 0 fully saturated rings. The quantitative estimate of drug-likeness (QED) is 0.502. The van der Waals surface area contributed by atoms with Gasteiger partial charge in [0, 0.05) is 32.1 Å². The Morgan fingerprint density at radius 2 is 1.79 bits per heavy atom. The molecule has 174 valence electrons. The van der Waals surface area contributed by atoms with Gasteiger partial charge < -0.3 is 19.4 Å². The van der Waals surface area contributed by atoms with Gasteiger partial charge in [-0.15, -0.1) is 0 Å². The molecule has 0 aliphatic carbocycles. The molecule has 0 saturated carbocycles. The van der Waals surface area contributed by atoms with Crippen molar-refractivity contribution in [1.82, 2.24) is 14.5 Å². The van der Waals surface area contributed by atoms with Gasteiger partial charge in [-0.3, -0.25) is 14.2 Å². The Hall–Kier alpha value is -3.13. The van der Waals surface area contributed by atoms with Crippen LogP contribution in [0.25, 0.3) is 10.9 Å². The van der Waals surface area contributed by atoms with Crippen LogP contribution in [0.2, 0.25) is 0 Å². The minimum atomic E-state index is -0.197. The molecule has 4 rings (SSSR count). The molecule has 2 aromatic carbocycles. The Bertz CT molecular complexity index is 1280. The fourth-order valence-electron chi connectivity index (χ4n) is 4.26. The van der Waals surface area contributed by atoms with Crippen molar-refractivity contribution in [1.29, 1.82) is 0 Å². The lowest BCUT2D eigenvalue weighted by Gasteiger charge is -2.29. The zero-order valence-corrected chi connectivity index (χ0v) is 19.9. The molecule has 0 saturated heterocycles. The Morgan fingerprint density at radius 1 is 1.09 bits per heavy atom. The van der Waals surface area contributed by atoms with Crippen LogP contribution >= 0.6 is 12.2 Å². The number of benzene rings is 2. The van der Waals surface area contributed by atoms with E-state index in [9.17, 15) is 9.59 Å². The van der Waals surface area contributed by atoms with E-state index in [1.807, 2.05) is 30.9 Å². The SMILES string of the molecule is CCOc1cc2[nH]c(=S)n(CCCC(=O)N3CCc4ccccc4C3)c(=O)c2cc1OCC. The number of aromatic nitrogens is 2. The molecule has 8 heteroatoms. The summed E-state index contributed by atoms with van der Waals surface area (Å²) in [7, 11) is 0. The third kappa shape index (κ3) is 4.95. The maximum Gasteiger partial charge on any atom is 0.262 e. The van der Waals surface area contributed by atoms with E-state index in [0.29, 0.717) is 66.3 Å². The van der Waals surface area contributed by atoms with Crippen LogP contribution in [-0.4, -0.2) is 40.1 Å². The molecule has 1 aromatic heterocycles. The van der Waals surface area contributed by atoms with E-state index in [1.54, 1.807) is 12.1 Å². The topological polar surface area (TPSA) is 76.6 Å². The van der Waals surface area contributed by atoms with E-state index in [4.69, 9.17) is 21.7 Å². The van der Waals surface area contributed by atoms with E-state index < -0.39 is 0 Å². The van der Waals surface area contributed by atoms with Crippen LogP contribution in [0.15, 0.2) is 41.2 Å². The van der Waals surface area contributed by atoms with Gasteiger partial charge in [-0.05, 0) is 56.1 Å². The maximum atomic E-state index is 13.2. The number of hydrogen-bond donors (Lipinski definition) is 1. The zero-order valence-electron chi connectivity index (χ0n) is 19.1. The van der Waals surface area contributed by atoms with Gasteiger partial charge in [0.05, 0.1) is 24.1 Å². The lowest BCUT2D eigenvalue weighted by atomic mass is 9.99. The van der Waals surface area contributed by atoms with Crippen molar-refractivity contribution in [3.63, 3.8) is 0 Å². The summed E-state index contributed by atoms with van der Waals surface area (Å²) in [5.74, 6) is 1.21. The standard InChI is InChI=1S/C25H29N3O4S/c1-3-31-21-14-19-20(15-22(21)32-4-2)26-25(33)28(24(19)30)12-7-10-23(29)27-13-11-17-8-5-6-9-18(17)16-27/h5-6,8-9,14-15H,3-4,7,10-13,16H2,1-2H3,(H,26,33). The Labute approximate surface area is 197 Å². The monoisotopic (exact) mass is 467 g/mol. The molecular weight excluding hydrogens is 438 g/mol. The number of amides is 1. The number of H-pyrrole nitrogens is 1. The van der Waals surface area contributed by atoms with Gasteiger partial charge in [0.2, 0.25) is 5.91 Å². The summed E-state index contributed by atoms with van der Waals surface area (Å²) in [5.41, 5.74) is 2.93. The van der Waals surface area contributed by atoms with E-state index in [2.05, 4.69) is 17.1 Å². The van der Waals surface area contributed by atoms with Gasteiger partial charge >= 0.3 is 0 Å². The van der Waals surface area contributed by atoms with Crippen molar-refractivity contribution >= 4 is 29.0 Å². The first-order chi connectivity index (χ1) is 16.0. The average Bonchev–Trinajstić information content (AvgIpc) is 2.82. The summed E-state index contributed by atoms with van der Waals surface area (Å²) in [6.45, 7) is 6.48. The molecule has 0 bridgehead atoms. The molecule has 0 radical (unpaired) electrons. The number of carbonyl (C=O) groups is 1. The van der Waals surface area contributed by atoms with Crippen molar-refractivity contribution in [3.8, 4) is 11.5 Å². The molecule has 1 amide bonds. The Morgan fingerprint density at radius 3 is 2.52 bits per heavy atom. The summed E-state index contributed by atoms with van der Waals surface area (Å²) in [5, 5.41) is 0.481. The van der Waals surface area contributed by atoms with Crippen molar-refractivity contribution < 1.29 is 14.3 Å². The smallest absolute Gasteiger partial charge is 0.262 e. The number of ether oxygens (including phenoxy) is 2. The first kappa shape index (κ1) is 23.0. The highest BCUT2D eigenvalue weighted by atomic mass is 32.1. The van der Waals surface area contributed by atoms with Crippen molar-refractivity contribution in [2.24, 2.45) is 0 Å². The van der Waals surface area contributed by atoms with Gasteiger partial charge in [-0.25, -0.2) is 0 Å². The summed E-state index contributed by atoms with van der Waals surface area (Å²) in [4.78, 5) is 31.0. The van der Waals surface area contributed by atoms with Crippen LogP contribution in [0.5, 0.6) is 11.5 Å². The molecule has 1 aliphatic rings. The van der Waals surface area contributed by atoms with Gasteiger partial charge in [0.25, 0.3) is 5.56 Å². The van der Waals surface area contributed by atoms with Crippen LogP contribution in [0, 0.1) is 4.77 Å². The number of fused-ring (bicyclic) bond motifs is 2. The molecule has 33 heavy (non-hydrogen) atoms. The van der Waals surface area contributed by atoms with Gasteiger partial charge in [-0.2, -0.15) is 0 Å². The molecule has 0 unspecified atom stereocenters. The number of nitrogens with zero attached hydrogens (tertiary/aromatic N) is 2. The Kier molecular flexibility index (Phi) is 7.13. The first-order valence-electron chi connectivity index (χ1n) is 11.4. The zero-order chi connectivity index (χ0) is 23.4. The van der Waals surface area contributed by atoms with Crippen molar-refractivity contribution in [3.05, 3.63) is 62.6 Å². The lowest BCUT2D eigenvalue weighted by molar-refractivity contribution is -0.132. The number of hydrogen-bond acceptors (Lipinski definition) is 5.